The van der Waals surface area contributed by atoms with E-state index in [0.717, 1.165) is 12.2 Å². The molecule has 0 aliphatic heterocycles. The molecule has 1 amide bonds. The van der Waals surface area contributed by atoms with E-state index in [4.69, 9.17) is 5.84 Å². The Morgan fingerprint density at radius 3 is 2.64 bits per heavy atom. The fourth-order valence-electron chi connectivity index (χ4n) is 0.382. The maximum atomic E-state index is 10.5. The van der Waals surface area contributed by atoms with Gasteiger partial charge >= 0.3 is 5.97 Å². The van der Waals surface area contributed by atoms with E-state index in [2.05, 4.69) is 4.74 Å². The topological polar surface area (TPSA) is 81.4 Å². The van der Waals surface area contributed by atoms with Crippen LogP contribution in [0.25, 0.3) is 0 Å². The average Bonchev–Trinajstić information content (AvgIpc) is 2.01. The van der Waals surface area contributed by atoms with Crippen LogP contribution in [-0.4, -0.2) is 18.5 Å². The molecule has 0 saturated carbocycles. The second kappa shape index (κ2) is 5.43. The highest BCUT2D eigenvalue weighted by atomic mass is 16.5. The van der Waals surface area contributed by atoms with Crippen molar-refractivity contribution in [1.82, 2.24) is 5.43 Å². The van der Waals surface area contributed by atoms with E-state index in [1.807, 2.05) is 5.43 Å². The smallest absolute Gasteiger partial charge is 0.330 e. The van der Waals surface area contributed by atoms with Gasteiger partial charge in [-0.25, -0.2) is 10.6 Å². The molecule has 0 unspecified atom stereocenters. The van der Waals surface area contributed by atoms with Crippen LogP contribution in [0.1, 0.15) is 6.92 Å². The predicted octanol–water partition coefficient (Wildman–Crippen LogP) is -0.904. The minimum atomic E-state index is -0.559. The minimum Gasteiger partial charge on any atom is -0.463 e. The summed E-state index contributed by atoms with van der Waals surface area (Å²) in [6, 6.07) is 0. The van der Waals surface area contributed by atoms with Crippen molar-refractivity contribution in [1.29, 1.82) is 0 Å². The summed E-state index contributed by atoms with van der Waals surface area (Å²) < 4.78 is 4.49. The molecule has 0 aliphatic carbocycles. The Bertz CT molecular complexity index is 177. The summed E-state index contributed by atoms with van der Waals surface area (Å²) in [5, 5.41) is 0. The molecule has 0 atom stereocenters. The van der Waals surface area contributed by atoms with Gasteiger partial charge in [-0.2, -0.15) is 0 Å². The number of carbonyl (C=O) groups is 2. The molecule has 3 N–H and O–H groups in total. The molecule has 0 radical (unpaired) electrons. The molecule has 11 heavy (non-hydrogen) atoms. The van der Waals surface area contributed by atoms with Crippen LogP contribution in [0.15, 0.2) is 12.2 Å². The molecule has 0 heterocycles. The Kier molecular flexibility index (Phi) is 4.76. The van der Waals surface area contributed by atoms with Crippen molar-refractivity contribution in [3.05, 3.63) is 12.2 Å². The van der Waals surface area contributed by atoms with Crippen LogP contribution in [0.2, 0.25) is 0 Å². The molecule has 0 aliphatic rings. The van der Waals surface area contributed by atoms with E-state index in [-0.39, 0.29) is 6.61 Å². The van der Waals surface area contributed by atoms with Gasteiger partial charge in [0.15, 0.2) is 0 Å². The number of amides is 1. The Balaban J connectivity index is 3.73. The van der Waals surface area contributed by atoms with E-state index in [9.17, 15) is 9.59 Å². The van der Waals surface area contributed by atoms with E-state index >= 15 is 0 Å². The molecule has 62 valence electrons. The summed E-state index contributed by atoms with van der Waals surface area (Å²) in [6.45, 7) is 1.96. The van der Waals surface area contributed by atoms with Gasteiger partial charge in [-0.15, -0.1) is 0 Å². The van der Waals surface area contributed by atoms with Gasteiger partial charge in [0.25, 0.3) is 5.91 Å². The van der Waals surface area contributed by atoms with Gasteiger partial charge in [-0.1, -0.05) is 0 Å². The van der Waals surface area contributed by atoms with Crippen molar-refractivity contribution in [2.75, 3.05) is 6.61 Å². The Labute approximate surface area is 64.2 Å². The van der Waals surface area contributed by atoms with E-state index < -0.39 is 11.9 Å². The number of nitrogens with one attached hydrogen (secondary N) is 1. The van der Waals surface area contributed by atoms with Gasteiger partial charge in [0.05, 0.1) is 6.61 Å². The molecule has 0 rings (SSSR count). The Hall–Kier alpha value is -1.36. The Morgan fingerprint density at radius 2 is 2.18 bits per heavy atom. The van der Waals surface area contributed by atoms with Crippen LogP contribution in [-0.2, 0) is 14.3 Å². The molecule has 5 nitrogen and oxygen atoms in total. The van der Waals surface area contributed by atoms with Crippen molar-refractivity contribution >= 4 is 11.9 Å². The fourth-order valence-corrected chi connectivity index (χ4v) is 0.382. The van der Waals surface area contributed by atoms with Crippen LogP contribution >= 0.6 is 0 Å². The van der Waals surface area contributed by atoms with Gasteiger partial charge in [-0.3, -0.25) is 10.2 Å². The molecule has 0 fully saturated rings. The number of hydrazine groups is 1. The number of ether oxygens (including phenoxy) is 1. The summed E-state index contributed by atoms with van der Waals surface area (Å²) >= 11 is 0. The number of esters is 1. The molecular formula is C6H10N2O3. The highest BCUT2D eigenvalue weighted by Gasteiger charge is 1.94. The van der Waals surface area contributed by atoms with Crippen LogP contribution in [0, 0.1) is 0 Å². The maximum absolute atomic E-state index is 10.5. The van der Waals surface area contributed by atoms with Crippen LogP contribution in [0.4, 0.5) is 0 Å². The lowest BCUT2D eigenvalue weighted by Gasteiger charge is -1.93. The van der Waals surface area contributed by atoms with Gasteiger partial charge < -0.3 is 4.74 Å². The summed E-state index contributed by atoms with van der Waals surface area (Å²) in [5.74, 6) is 3.63. The second-order valence-electron chi connectivity index (χ2n) is 1.59. The van der Waals surface area contributed by atoms with E-state index in [1.54, 1.807) is 6.92 Å². The number of carbonyl (C=O) groups excluding carboxylic acids is 2. The average molecular weight is 158 g/mol. The molecule has 0 aromatic heterocycles. The molecule has 5 heteroatoms. The van der Waals surface area contributed by atoms with Crippen molar-refractivity contribution in [3.63, 3.8) is 0 Å². The number of rotatable bonds is 3. The molecule has 0 saturated heterocycles. The fraction of sp³-hybridized carbons (Fsp3) is 0.333. The molecule has 0 aromatic rings. The third kappa shape index (κ3) is 5.10. The first-order valence-electron chi connectivity index (χ1n) is 3.06. The molecule has 0 bridgehead atoms. The predicted molar refractivity (Wildman–Crippen MR) is 38.1 cm³/mol. The number of hydrogen-bond acceptors (Lipinski definition) is 4. The lowest BCUT2D eigenvalue weighted by atomic mass is 10.5. The van der Waals surface area contributed by atoms with Crippen molar-refractivity contribution in [2.24, 2.45) is 5.84 Å². The molecule has 0 spiro atoms. The number of hydrogen-bond donors (Lipinski definition) is 2. The number of nitrogens with two attached hydrogens (primary N) is 1. The third-order valence-corrected chi connectivity index (χ3v) is 0.800. The van der Waals surface area contributed by atoms with Gasteiger partial charge in [0, 0.05) is 12.2 Å². The zero-order valence-electron chi connectivity index (χ0n) is 6.16. The van der Waals surface area contributed by atoms with E-state index in [0.29, 0.717) is 0 Å². The quantitative estimate of drug-likeness (QED) is 0.183. The second-order valence-corrected chi connectivity index (χ2v) is 1.59. The lowest BCUT2D eigenvalue weighted by molar-refractivity contribution is -0.137. The highest BCUT2D eigenvalue weighted by Crippen LogP contribution is 1.80. The summed E-state index contributed by atoms with van der Waals surface area (Å²) in [6.07, 6.45) is 2.00. The summed E-state index contributed by atoms with van der Waals surface area (Å²) in [4.78, 5) is 20.9. The third-order valence-electron chi connectivity index (χ3n) is 0.800. The minimum absolute atomic E-state index is 0.285. The zero-order chi connectivity index (χ0) is 8.69. The first kappa shape index (κ1) is 9.64. The monoisotopic (exact) mass is 158 g/mol. The van der Waals surface area contributed by atoms with Crippen LogP contribution in [0.3, 0.4) is 0 Å². The van der Waals surface area contributed by atoms with Gasteiger partial charge in [0.2, 0.25) is 0 Å². The normalized spacial score (nSPS) is 9.64. The van der Waals surface area contributed by atoms with Crippen molar-refractivity contribution in [2.45, 2.75) is 6.92 Å². The van der Waals surface area contributed by atoms with Gasteiger partial charge in [-0.05, 0) is 6.92 Å². The van der Waals surface area contributed by atoms with E-state index in [1.165, 1.54) is 0 Å². The largest absolute Gasteiger partial charge is 0.463 e. The summed E-state index contributed by atoms with van der Waals surface area (Å²) in [7, 11) is 0. The van der Waals surface area contributed by atoms with Crippen LogP contribution in [0.5, 0.6) is 0 Å². The molecule has 0 aromatic carbocycles. The van der Waals surface area contributed by atoms with Crippen LogP contribution < -0.4 is 11.3 Å². The first-order chi connectivity index (χ1) is 5.20. The Morgan fingerprint density at radius 1 is 1.55 bits per heavy atom. The zero-order valence-corrected chi connectivity index (χ0v) is 6.16. The van der Waals surface area contributed by atoms with Crippen molar-refractivity contribution < 1.29 is 14.3 Å². The maximum Gasteiger partial charge on any atom is 0.330 e. The SMILES string of the molecule is CCOC(=O)/C=C\C(=O)NN. The summed E-state index contributed by atoms with van der Waals surface area (Å²) in [5.41, 5.74) is 1.83. The highest BCUT2D eigenvalue weighted by molar-refractivity contribution is 5.94. The first-order valence-corrected chi connectivity index (χ1v) is 3.06. The standard InChI is InChI=1S/C6H10N2O3/c1-2-11-6(10)4-3-5(9)8-7/h3-4H,2,7H2,1H3,(H,8,9)/b4-3-. The molecular weight excluding hydrogens is 148 g/mol. The van der Waals surface area contributed by atoms with Gasteiger partial charge in [0.1, 0.15) is 0 Å². The van der Waals surface area contributed by atoms with Crippen molar-refractivity contribution in [3.8, 4) is 0 Å². The lowest BCUT2D eigenvalue weighted by Crippen LogP contribution is -2.28.